The molecule has 0 aromatic carbocycles. The van der Waals surface area contributed by atoms with Gasteiger partial charge in [0.1, 0.15) is 22.1 Å². The van der Waals surface area contributed by atoms with Gasteiger partial charge in [-0.15, -0.1) is 0 Å². The fourth-order valence-corrected chi connectivity index (χ4v) is 4.81. The van der Waals surface area contributed by atoms with Crippen molar-refractivity contribution in [1.82, 2.24) is 19.1 Å². The first-order valence-corrected chi connectivity index (χ1v) is 9.67. The molecule has 0 amide bonds. The summed E-state index contributed by atoms with van der Waals surface area (Å²) in [6.45, 7) is 0. The lowest BCUT2D eigenvalue weighted by atomic mass is 10.2. The highest BCUT2D eigenvalue weighted by atomic mass is 33.1. The molecule has 2 aromatic heterocycles. The van der Waals surface area contributed by atoms with Crippen molar-refractivity contribution in [1.29, 1.82) is 0 Å². The summed E-state index contributed by atoms with van der Waals surface area (Å²) in [5.74, 6) is -2.17. The number of nitrogens with zero attached hydrogens (tertiary/aromatic N) is 4. The molecule has 142 valence electrons. The summed E-state index contributed by atoms with van der Waals surface area (Å²) in [7, 11) is 6.35. The van der Waals surface area contributed by atoms with Gasteiger partial charge in [0.05, 0.1) is 24.0 Å². The predicted octanol–water partition coefficient (Wildman–Crippen LogP) is -0.138. The Balaban J connectivity index is 2.15. The highest BCUT2D eigenvalue weighted by Crippen LogP contribution is 2.40. The third kappa shape index (κ3) is 4.78. The molecule has 6 N–H and O–H groups in total. The summed E-state index contributed by atoms with van der Waals surface area (Å²) in [6, 6.07) is -2.06. The van der Waals surface area contributed by atoms with E-state index < -0.39 is 24.0 Å². The number of aryl methyl sites for hydroxylation is 2. The maximum absolute atomic E-state index is 11.0. The van der Waals surface area contributed by atoms with Crippen molar-refractivity contribution in [3.05, 3.63) is 24.0 Å². The van der Waals surface area contributed by atoms with Crippen LogP contribution in [0.3, 0.4) is 0 Å². The summed E-state index contributed by atoms with van der Waals surface area (Å²) in [5, 5.41) is 19.5. The number of hydrogen-bond acceptors (Lipinski definition) is 8. The number of imidazole rings is 2. The van der Waals surface area contributed by atoms with E-state index in [0.29, 0.717) is 11.4 Å². The summed E-state index contributed by atoms with van der Waals surface area (Å²) >= 11 is 0. The molecular weight excluding hydrogens is 380 g/mol. The number of hydrogen-bond donors (Lipinski definition) is 4. The lowest BCUT2D eigenvalue weighted by molar-refractivity contribution is -0.139. The molecule has 2 heterocycles. The van der Waals surface area contributed by atoms with Crippen molar-refractivity contribution >= 4 is 33.5 Å². The van der Waals surface area contributed by atoms with Crippen LogP contribution in [0.2, 0.25) is 0 Å². The molecule has 2 unspecified atom stereocenters. The van der Waals surface area contributed by atoms with Gasteiger partial charge in [0, 0.05) is 26.9 Å². The fraction of sp³-hybridized carbons (Fsp3) is 0.429. The fourth-order valence-electron chi connectivity index (χ4n) is 2.10. The lowest BCUT2D eigenvalue weighted by Gasteiger charge is -2.10. The van der Waals surface area contributed by atoms with Crippen molar-refractivity contribution in [3.63, 3.8) is 0 Å². The van der Waals surface area contributed by atoms with Gasteiger partial charge in [0.2, 0.25) is 0 Å². The summed E-state index contributed by atoms with van der Waals surface area (Å²) in [4.78, 5) is 30.4. The molecule has 10 nitrogen and oxygen atoms in total. The van der Waals surface area contributed by atoms with Gasteiger partial charge in [-0.3, -0.25) is 9.59 Å². The summed E-state index contributed by atoms with van der Waals surface area (Å²) < 4.78 is 3.56. The Morgan fingerprint density at radius 2 is 1.31 bits per heavy atom. The summed E-state index contributed by atoms with van der Waals surface area (Å²) in [6.07, 6.45) is 3.41. The maximum Gasteiger partial charge on any atom is 0.320 e. The van der Waals surface area contributed by atoms with Crippen LogP contribution in [-0.2, 0) is 36.5 Å². The van der Waals surface area contributed by atoms with Crippen LogP contribution >= 0.6 is 21.6 Å². The molecular formula is C14H20N6O4S2. The van der Waals surface area contributed by atoms with Crippen LogP contribution in [0, 0.1) is 0 Å². The smallest absolute Gasteiger partial charge is 0.320 e. The predicted molar refractivity (Wildman–Crippen MR) is 96.8 cm³/mol. The van der Waals surface area contributed by atoms with Crippen molar-refractivity contribution < 1.29 is 19.8 Å². The minimum atomic E-state index is -1.09. The van der Waals surface area contributed by atoms with Gasteiger partial charge < -0.3 is 30.8 Å². The van der Waals surface area contributed by atoms with Gasteiger partial charge in [-0.1, -0.05) is 0 Å². The third-order valence-electron chi connectivity index (χ3n) is 3.57. The average Bonchev–Trinajstić information content (AvgIpc) is 3.09. The van der Waals surface area contributed by atoms with Crippen LogP contribution in [0.5, 0.6) is 0 Å². The minimum absolute atomic E-state index is 0.112. The molecule has 2 atom stereocenters. The Kier molecular flexibility index (Phi) is 6.69. The Labute approximate surface area is 157 Å². The highest BCUT2D eigenvalue weighted by molar-refractivity contribution is 8.76. The number of carboxylic acid groups (broad SMARTS) is 2. The zero-order valence-corrected chi connectivity index (χ0v) is 15.8. The number of aliphatic carboxylic acids is 2. The Morgan fingerprint density at radius 3 is 1.62 bits per heavy atom. The van der Waals surface area contributed by atoms with E-state index >= 15 is 0 Å². The van der Waals surface area contributed by atoms with Gasteiger partial charge in [-0.2, -0.15) is 0 Å². The van der Waals surface area contributed by atoms with Crippen molar-refractivity contribution in [2.45, 2.75) is 35.0 Å². The quantitative estimate of drug-likeness (QED) is 0.417. The molecule has 0 saturated heterocycles. The van der Waals surface area contributed by atoms with E-state index in [1.54, 1.807) is 35.9 Å². The third-order valence-corrected chi connectivity index (χ3v) is 6.21. The molecule has 0 radical (unpaired) electrons. The monoisotopic (exact) mass is 400 g/mol. The van der Waals surface area contributed by atoms with E-state index in [1.807, 2.05) is 0 Å². The maximum atomic E-state index is 11.0. The van der Waals surface area contributed by atoms with Crippen molar-refractivity contribution in [3.8, 4) is 0 Å². The number of carbonyl (C=O) groups is 2. The first kappa shape index (κ1) is 20.3. The molecule has 0 aliphatic heterocycles. The van der Waals surface area contributed by atoms with Crippen LogP contribution in [0.25, 0.3) is 0 Å². The van der Waals surface area contributed by atoms with Crippen LogP contribution in [0.15, 0.2) is 22.7 Å². The molecule has 0 saturated carbocycles. The second-order valence-electron chi connectivity index (χ2n) is 5.68. The molecule has 0 fully saturated rings. The average molecular weight is 400 g/mol. The van der Waals surface area contributed by atoms with E-state index in [-0.39, 0.29) is 12.8 Å². The van der Waals surface area contributed by atoms with E-state index in [9.17, 15) is 9.59 Å². The van der Waals surface area contributed by atoms with Crippen molar-refractivity contribution in [2.24, 2.45) is 25.6 Å². The Morgan fingerprint density at radius 1 is 0.962 bits per heavy atom. The second kappa shape index (κ2) is 8.58. The van der Waals surface area contributed by atoms with Gasteiger partial charge >= 0.3 is 11.9 Å². The number of carboxylic acids is 2. The summed E-state index contributed by atoms with van der Waals surface area (Å²) in [5.41, 5.74) is 12.4. The molecule has 0 bridgehead atoms. The molecule has 12 heteroatoms. The van der Waals surface area contributed by atoms with Crippen LogP contribution in [0.1, 0.15) is 11.4 Å². The first-order chi connectivity index (χ1) is 12.2. The van der Waals surface area contributed by atoms with Crippen LogP contribution in [0.4, 0.5) is 0 Å². The van der Waals surface area contributed by atoms with E-state index in [0.717, 1.165) is 10.1 Å². The topological polar surface area (TPSA) is 162 Å². The SMILES string of the molecule is Cn1cnc(CC(N)C(=O)O)c1SSc1c(CC(N)C(=O)O)ncn1C. The molecule has 0 aliphatic carbocycles. The number of aromatic nitrogens is 4. The van der Waals surface area contributed by atoms with E-state index in [2.05, 4.69) is 9.97 Å². The van der Waals surface area contributed by atoms with Crippen molar-refractivity contribution in [2.75, 3.05) is 0 Å². The number of nitrogens with two attached hydrogens (primary N) is 2. The normalized spacial score (nSPS) is 13.5. The second-order valence-corrected chi connectivity index (χ2v) is 7.79. The molecule has 0 aliphatic rings. The first-order valence-electron chi connectivity index (χ1n) is 7.52. The zero-order valence-electron chi connectivity index (χ0n) is 14.2. The Hall–Kier alpha value is -2.02. The van der Waals surface area contributed by atoms with E-state index in [1.165, 1.54) is 21.6 Å². The molecule has 0 spiro atoms. The van der Waals surface area contributed by atoms with Gasteiger partial charge in [-0.05, 0) is 21.6 Å². The lowest BCUT2D eigenvalue weighted by Crippen LogP contribution is -2.32. The molecule has 2 aromatic rings. The minimum Gasteiger partial charge on any atom is -0.480 e. The largest absolute Gasteiger partial charge is 0.480 e. The molecule has 2 rings (SSSR count). The standard InChI is InChI=1S/C14H20N6O4S2/c1-19-5-17-9(3-7(15)13(21)22)11(19)25-26-12-10(18-6-20(12)2)4-8(16)14(23)24/h5-8H,3-4,15-16H2,1-2H3,(H,21,22)(H,23,24). The van der Waals surface area contributed by atoms with Gasteiger partial charge in [0.15, 0.2) is 0 Å². The van der Waals surface area contributed by atoms with E-state index in [4.69, 9.17) is 21.7 Å². The zero-order chi connectivity index (χ0) is 19.4. The van der Waals surface area contributed by atoms with Crippen LogP contribution in [-0.4, -0.2) is 53.3 Å². The highest BCUT2D eigenvalue weighted by Gasteiger charge is 2.21. The van der Waals surface area contributed by atoms with Crippen LogP contribution < -0.4 is 11.5 Å². The van der Waals surface area contributed by atoms with Gasteiger partial charge in [-0.25, -0.2) is 9.97 Å². The van der Waals surface area contributed by atoms with Gasteiger partial charge in [0.25, 0.3) is 0 Å². The Bertz CT molecular complexity index is 739. The number of rotatable bonds is 9. The molecule has 26 heavy (non-hydrogen) atoms.